The van der Waals surface area contributed by atoms with Gasteiger partial charge in [0.05, 0.1) is 21.9 Å². The van der Waals surface area contributed by atoms with Crippen molar-refractivity contribution in [2.75, 3.05) is 5.32 Å². The molecule has 2 aromatic rings. The summed E-state index contributed by atoms with van der Waals surface area (Å²) in [4.78, 5) is 22.3. The highest BCUT2D eigenvalue weighted by Gasteiger charge is 2.17. The minimum absolute atomic E-state index is 0.0159. The quantitative estimate of drug-likeness (QED) is 0.509. The first-order valence-electron chi connectivity index (χ1n) is 6.25. The first-order valence-corrected chi connectivity index (χ1v) is 6.25. The molecule has 110 valence electrons. The van der Waals surface area contributed by atoms with Gasteiger partial charge in [0.25, 0.3) is 11.6 Å². The minimum atomic E-state index is -0.602. The molecule has 1 aromatic carbocycles. The predicted molar refractivity (Wildman–Crippen MR) is 75.4 cm³/mol. The number of hydrogen-bond donors (Lipinski definition) is 2. The van der Waals surface area contributed by atoms with E-state index in [9.17, 15) is 20.0 Å². The number of carbonyl (C=O) groups excluding carboxylic acids is 1. The van der Waals surface area contributed by atoms with Crippen LogP contribution in [0.2, 0.25) is 0 Å². The van der Waals surface area contributed by atoms with E-state index in [1.807, 2.05) is 6.92 Å². The monoisotopic (exact) mass is 290 g/mol. The summed E-state index contributed by atoms with van der Waals surface area (Å²) in [6.07, 6.45) is 1.58. The molecule has 21 heavy (non-hydrogen) atoms. The summed E-state index contributed by atoms with van der Waals surface area (Å²) in [6.45, 7) is 4.20. The molecule has 0 atom stereocenters. The smallest absolute Gasteiger partial charge is 0.271 e. The summed E-state index contributed by atoms with van der Waals surface area (Å²) in [5.74, 6) is -0.725. The molecule has 0 bridgehead atoms. The number of aromatic hydroxyl groups is 1. The van der Waals surface area contributed by atoms with Gasteiger partial charge in [-0.1, -0.05) is 0 Å². The van der Waals surface area contributed by atoms with Crippen molar-refractivity contribution in [2.24, 2.45) is 0 Å². The maximum absolute atomic E-state index is 12.2. The third kappa shape index (κ3) is 2.99. The van der Waals surface area contributed by atoms with Crippen molar-refractivity contribution < 1.29 is 14.8 Å². The molecule has 0 aliphatic carbocycles. The fraction of sp³-hybridized carbons (Fsp3) is 0.231. The van der Waals surface area contributed by atoms with Gasteiger partial charge >= 0.3 is 0 Å². The number of anilines is 1. The number of benzene rings is 1. The molecule has 1 aromatic heterocycles. The van der Waals surface area contributed by atoms with Gasteiger partial charge in [0, 0.05) is 24.9 Å². The summed E-state index contributed by atoms with van der Waals surface area (Å²) in [5.41, 5.74) is 0.656. The molecule has 0 radical (unpaired) electrons. The Morgan fingerprint density at radius 2 is 2.24 bits per heavy atom. The standard InChI is InChI=1S/C13H14N4O4/c1-3-16-7-10(8(2)15-16)13(19)14-11-6-9(17(20)21)4-5-12(11)18/h4-7,18H,3H2,1-2H3,(H,14,19). The lowest BCUT2D eigenvalue weighted by Gasteiger charge is -2.06. The molecule has 0 unspecified atom stereocenters. The number of nitro benzene ring substituents is 1. The topological polar surface area (TPSA) is 110 Å². The maximum Gasteiger partial charge on any atom is 0.271 e. The number of phenols is 1. The molecule has 2 N–H and O–H groups in total. The van der Waals surface area contributed by atoms with Gasteiger partial charge < -0.3 is 10.4 Å². The lowest BCUT2D eigenvalue weighted by atomic mass is 10.2. The second kappa shape index (κ2) is 5.61. The summed E-state index contributed by atoms with van der Waals surface area (Å²) >= 11 is 0. The van der Waals surface area contributed by atoms with E-state index in [0.29, 0.717) is 17.8 Å². The number of phenolic OH excluding ortho intramolecular Hbond substituents is 1. The molecule has 0 spiro atoms. The molecular weight excluding hydrogens is 276 g/mol. The van der Waals surface area contributed by atoms with E-state index in [-0.39, 0.29) is 17.1 Å². The maximum atomic E-state index is 12.2. The van der Waals surface area contributed by atoms with Crippen LogP contribution in [-0.2, 0) is 6.54 Å². The number of aromatic nitrogens is 2. The number of hydrogen-bond acceptors (Lipinski definition) is 5. The van der Waals surface area contributed by atoms with Crippen molar-refractivity contribution in [3.8, 4) is 5.75 Å². The zero-order valence-corrected chi connectivity index (χ0v) is 11.5. The number of aryl methyl sites for hydroxylation is 2. The molecule has 2 rings (SSSR count). The number of carbonyl (C=O) groups is 1. The van der Waals surface area contributed by atoms with Crippen molar-refractivity contribution >= 4 is 17.3 Å². The number of non-ortho nitro benzene ring substituents is 1. The van der Waals surface area contributed by atoms with Crippen molar-refractivity contribution in [1.29, 1.82) is 0 Å². The van der Waals surface area contributed by atoms with E-state index in [1.54, 1.807) is 17.8 Å². The molecule has 0 saturated heterocycles. The predicted octanol–water partition coefficient (Wildman–Crippen LogP) is 2.08. The van der Waals surface area contributed by atoms with Gasteiger partial charge in [-0.05, 0) is 19.9 Å². The second-order valence-corrected chi connectivity index (χ2v) is 4.40. The van der Waals surface area contributed by atoms with Gasteiger partial charge in [0.2, 0.25) is 0 Å². The first kappa shape index (κ1) is 14.5. The molecule has 0 aliphatic heterocycles. The summed E-state index contributed by atoms with van der Waals surface area (Å²) in [7, 11) is 0. The Bertz CT molecular complexity index is 708. The van der Waals surface area contributed by atoms with Gasteiger partial charge in [0.1, 0.15) is 5.75 Å². The van der Waals surface area contributed by atoms with Gasteiger partial charge in [-0.15, -0.1) is 0 Å². The van der Waals surface area contributed by atoms with Crippen LogP contribution in [0.25, 0.3) is 0 Å². The van der Waals surface area contributed by atoms with Crippen LogP contribution in [0.4, 0.5) is 11.4 Å². The molecule has 0 fully saturated rings. The molecule has 8 heteroatoms. The van der Waals surface area contributed by atoms with Crippen LogP contribution in [0.15, 0.2) is 24.4 Å². The van der Waals surface area contributed by atoms with Crippen LogP contribution in [0.1, 0.15) is 23.0 Å². The summed E-state index contributed by atoms with van der Waals surface area (Å²) in [6, 6.07) is 3.42. The van der Waals surface area contributed by atoms with Crippen LogP contribution >= 0.6 is 0 Å². The fourth-order valence-corrected chi connectivity index (χ4v) is 1.83. The van der Waals surface area contributed by atoms with Crippen LogP contribution in [0.5, 0.6) is 5.75 Å². The van der Waals surface area contributed by atoms with Gasteiger partial charge in [-0.2, -0.15) is 5.10 Å². The lowest BCUT2D eigenvalue weighted by Crippen LogP contribution is -2.12. The number of nitrogens with one attached hydrogen (secondary N) is 1. The van der Waals surface area contributed by atoms with Crippen molar-refractivity contribution in [2.45, 2.75) is 20.4 Å². The molecule has 0 aliphatic rings. The largest absolute Gasteiger partial charge is 0.506 e. The van der Waals surface area contributed by atoms with Crippen molar-refractivity contribution in [3.05, 3.63) is 45.8 Å². The molecule has 1 heterocycles. The van der Waals surface area contributed by atoms with E-state index >= 15 is 0 Å². The Morgan fingerprint density at radius 3 is 2.81 bits per heavy atom. The molecule has 8 nitrogen and oxygen atoms in total. The van der Waals surface area contributed by atoms with Crippen molar-refractivity contribution in [3.63, 3.8) is 0 Å². The van der Waals surface area contributed by atoms with Crippen LogP contribution in [-0.4, -0.2) is 25.7 Å². The van der Waals surface area contributed by atoms with E-state index in [4.69, 9.17) is 0 Å². The van der Waals surface area contributed by atoms with E-state index < -0.39 is 10.8 Å². The minimum Gasteiger partial charge on any atom is -0.506 e. The SMILES string of the molecule is CCn1cc(C(=O)Nc2cc([N+](=O)[O-])ccc2O)c(C)n1. The number of nitro groups is 1. The zero-order chi connectivity index (χ0) is 15.6. The Kier molecular flexibility index (Phi) is 3.88. The second-order valence-electron chi connectivity index (χ2n) is 4.40. The normalized spacial score (nSPS) is 10.4. The number of amides is 1. The van der Waals surface area contributed by atoms with E-state index in [0.717, 1.165) is 18.2 Å². The Morgan fingerprint density at radius 1 is 1.52 bits per heavy atom. The number of rotatable bonds is 4. The Balaban J connectivity index is 2.28. The number of nitrogens with zero attached hydrogens (tertiary/aromatic N) is 3. The zero-order valence-electron chi connectivity index (χ0n) is 11.5. The van der Waals surface area contributed by atoms with Gasteiger partial charge in [-0.3, -0.25) is 19.6 Å². The average Bonchev–Trinajstić information content (AvgIpc) is 2.82. The van der Waals surface area contributed by atoms with Gasteiger partial charge in [-0.25, -0.2) is 0 Å². The summed E-state index contributed by atoms with van der Waals surface area (Å²) < 4.78 is 1.61. The third-order valence-electron chi connectivity index (χ3n) is 2.95. The third-order valence-corrected chi connectivity index (χ3v) is 2.95. The first-order chi connectivity index (χ1) is 9.92. The highest BCUT2D eigenvalue weighted by molar-refractivity contribution is 6.05. The van der Waals surface area contributed by atoms with Crippen LogP contribution in [0.3, 0.4) is 0 Å². The lowest BCUT2D eigenvalue weighted by molar-refractivity contribution is -0.384. The fourth-order valence-electron chi connectivity index (χ4n) is 1.83. The van der Waals surface area contributed by atoms with Gasteiger partial charge in [0.15, 0.2) is 0 Å². The molecular formula is C13H14N4O4. The molecule has 1 amide bonds. The Labute approximate surface area is 120 Å². The van der Waals surface area contributed by atoms with Crippen LogP contribution < -0.4 is 5.32 Å². The highest BCUT2D eigenvalue weighted by atomic mass is 16.6. The van der Waals surface area contributed by atoms with E-state index in [2.05, 4.69) is 10.4 Å². The molecule has 0 saturated carbocycles. The average molecular weight is 290 g/mol. The summed E-state index contributed by atoms with van der Waals surface area (Å²) in [5, 5.41) is 27.0. The van der Waals surface area contributed by atoms with Crippen molar-refractivity contribution in [1.82, 2.24) is 9.78 Å². The van der Waals surface area contributed by atoms with Crippen LogP contribution in [0, 0.1) is 17.0 Å². The Hall–Kier alpha value is -2.90. The van der Waals surface area contributed by atoms with E-state index in [1.165, 1.54) is 0 Å². The highest BCUT2D eigenvalue weighted by Crippen LogP contribution is 2.28.